The molecule has 3 aromatic rings. The van der Waals surface area contributed by atoms with Gasteiger partial charge in [-0.15, -0.1) is 5.10 Å². The van der Waals surface area contributed by atoms with E-state index in [-0.39, 0.29) is 5.82 Å². The van der Waals surface area contributed by atoms with Crippen LogP contribution in [0.4, 0.5) is 5.69 Å². The van der Waals surface area contributed by atoms with E-state index in [0.717, 1.165) is 11.4 Å². The van der Waals surface area contributed by atoms with Crippen molar-refractivity contribution in [3.05, 3.63) is 52.6 Å². The number of fused-ring (bicyclic) bond motifs is 1. The number of nitrogens with one attached hydrogen (secondary N) is 1. The molecule has 1 N–H and O–H groups in total. The predicted molar refractivity (Wildman–Crippen MR) is 90.6 cm³/mol. The van der Waals surface area contributed by atoms with Gasteiger partial charge in [-0.05, 0) is 38.1 Å². The standard InChI is InChI=1S/C16H14ClN5O3/c1-9-6-10(2)22-16(18-9)20-14(21-22)15(24)25-8-13(23)19-12-5-3-4-11(17)7-12/h3-7H,8H2,1-2H3,(H,19,23). The molecule has 2 heterocycles. The zero-order valence-corrected chi connectivity index (χ0v) is 14.2. The van der Waals surface area contributed by atoms with E-state index in [1.807, 2.05) is 19.9 Å². The van der Waals surface area contributed by atoms with Gasteiger partial charge in [0.1, 0.15) is 0 Å². The lowest BCUT2D eigenvalue weighted by atomic mass is 10.3. The predicted octanol–water partition coefficient (Wildman–Crippen LogP) is 2.19. The summed E-state index contributed by atoms with van der Waals surface area (Å²) in [6, 6.07) is 8.45. The van der Waals surface area contributed by atoms with Crippen molar-refractivity contribution in [2.24, 2.45) is 0 Å². The highest BCUT2D eigenvalue weighted by atomic mass is 35.5. The number of anilines is 1. The van der Waals surface area contributed by atoms with Gasteiger partial charge in [0.05, 0.1) is 0 Å². The second kappa shape index (κ2) is 6.86. The third-order valence-corrected chi connectivity index (χ3v) is 3.48. The summed E-state index contributed by atoms with van der Waals surface area (Å²) in [5.41, 5.74) is 2.06. The molecule has 0 atom stereocenters. The van der Waals surface area contributed by atoms with Crippen LogP contribution >= 0.6 is 11.6 Å². The highest BCUT2D eigenvalue weighted by Gasteiger charge is 2.17. The number of esters is 1. The lowest BCUT2D eigenvalue weighted by molar-refractivity contribution is -0.119. The molecule has 0 aliphatic rings. The molecule has 1 aromatic carbocycles. The monoisotopic (exact) mass is 359 g/mol. The number of hydrogen-bond acceptors (Lipinski definition) is 6. The van der Waals surface area contributed by atoms with Crippen LogP contribution in [0.1, 0.15) is 22.0 Å². The first-order valence-electron chi connectivity index (χ1n) is 7.36. The highest BCUT2D eigenvalue weighted by Crippen LogP contribution is 2.14. The summed E-state index contributed by atoms with van der Waals surface area (Å²) in [5, 5.41) is 7.11. The van der Waals surface area contributed by atoms with Crippen LogP contribution < -0.4 is 5.32 Å². The number of carbonyl (C=O) groups excluding carboxylic acids is 2. The fraction of sp³-hybridized carbons (Fsp3) is 0.188. The van der Waals surface area contributed by atoms with Gasteiger partial charge in [-0.25, -0.2) is 14.3 Å². The zero-order chi connectivity index (χ0) is 18.0. The van der Waals surface area contributed by atoms with Crippen LogP contribution in [0.3, 0.4) is 0 Å². The minimum atomic E-state index is -0.802. The summed E-state index contributed by atoms with van der Waals surface area (Å²) >= 11 is 5.84. The third-order valence-electron chi connectivity index (χ3n) is 3.24. The molecule has 0 saturated carbocycles. The molecule has 0 bridgehead atoms. The molecular weight excluding hydrogens is 346 g/mol. The Labute approximate surface area is 147 Å². The summed E-state index contributed by atoms with van der Waals surface area (Å²) in [6.07, 6.45) is 0. The van der Waals surface area contributed by atoms with Crippen LogP contribution in [0.15, 0.2) is 30.3 Å². The molecule has 0 fully saturated rings. The second-order valence-electron chi connectivity index (χ2n) is 5.32. The number of halogens is 1. The van der Waals surface area contributed by atoms with Gasteiger partial charge in [0.2, 0.25) is 0 Å². The first kappa shape index (κ1) is 16.8. The molecule has 0 radical (unpaired) electrons. The summed E-state index contributed by atoms with van der Waals surface area (Å²) in [6.45, 7) is 3.18. The van der Waals surface area contributed by atoms with Gasteiger partial charge < -0.3 is 10.1 Å². The van der Waals surface area contributed by atoms with Gasteiger partial charge in [-0.2, -0.15) is 4.98 Å². The Hall–Kier alpha value is -3.00. The van der Waals surface area contributed by atoms with Crippen molar-refractivity contribution in [3.8, 4) is 0 Å². The van der Waals surface area contributed by atoms with Gasteiger partial charge in [-0.3, -0.25) is 4.79 Å². The van der Waals surface area contributed by atoms with Crippen molar-refractivity contribution in [1.82, 2.24) is 19.6 Å². The summed E-state index contributed by atoms with van der Waals surface area (Å²) in [5.74, 6) is -1.15. The maximum atomic E-state index is 12.0. The second-order valence-corrected chi connectivity index (χ2v) is 5.76. The molecule has 25 heavy (non-hydrogen) atoms. The SMILES string of the molecule is Cc1cc(C)n2nc(C(=O)OCC(=O)Nc3cccc(Cl)c3)nc2n1. The molecule has 2 aromatic heterocycles. The number of rotatable bonds is 4. The van der Waals surface area contributed by atoms with E-state index in [2.05, 4.69) is 20.4 Å². The molecule has 3 rings (SSSR count). The first-order chi connectivity index (χ1) is 11.9. The number of aromatic nitrogens is 4. The maximum Gasteiger partial charge on any atom is 0.378 e. The van der Waals surface area contributed by atoms with E-state index in [9.17, 15) is 9.59 Å². The van der Waals surface area contributed by atoms with E-state index in [4.69, 9.17) is 16.3 Å². The molecular formula is C16H14ClN5O3. The number of benzene rings is 1. The lowest BCUT2D eigenvalue weighted by Gasteiger charge is -2.05. The molecule has 0 saturated heterocycles. The topological polar surface area (TPSA) is 98.5 Å². The van der Waals surface area contributed by atoms with Gasteiger partial charge in [0.15, 0.2) is 6.61 Å². The number of carbonyl (C=O) groups is 2. The van der Waals surface area contributed by atoms with Crippen LogP contribution in [0.5, 0.6) is 0 Å². The number of ether oxygens (including phenoxy) is 1. The van der Waals surface area contributed by atoms with Crippen molar-refractivity contribution < 1.29 is 14.3 Å². The van der Waals surface area contributed by atoms with Crippen LogP contribution in [0, 0.1) is 13.8 Å². The highest BCUT2D eigenvalue weighted by molar-refractivity contribution is 6.30. The van der Waals surface area contributed by atoms with Gasteiger partial charge in [0, 0.05) is 22.1 Å². The molecule has 0 aliphatic heterocycles. The van der Waals surface area contributed by atoms with Crippen molar-refractivity contribution in [1.29, 1.82) is 0 Å². The van der Waals surface area contributed by atoms with E-state index in [0.29, 0.717) is 16.5 Å². The van der Waals surface area contributed by atoms with Gasteiger partial charge in [-0.1, -0.05) is 17.7 Å². The fourth-order valence-corrected chi connectivity index (χ4v) is 2.40. The number of amides is 1. The Balaban J connectivity index is 1.64. The Morgan fingerprint density at radius 2 is 2.04 bits per heavy atom. The summed E-state index contributed by atoms with van der Waals surface area (Å²) in [4.78, 5) is 32.1. The molecule has 0 spiro atoms. The average molecular weight is 360 g/mol. The van der Waals surface area contributed by atoms with E-state index in [1.165, 1.54) is 4.52 Å². The quantitative estimate of drug-likeness (QED) is 0.717. The van der Waals surface area contributed by atoms with E-state index >= 15 is 0 Å². The molecule has 1 amide bonds. The minimum Gasteiger partial charge on any atom is -0.450 e. The normalized spacial score (nSPS) is 10.7. The Morgan fingerprint density at radius 3 is 2.80 bits per heavy atom. The number of hydrogen-bond donors (Lipinski definition) is 1. The number of aryl methyl sites for hydroxylation is 2. The van der Waals surface area contributed by atoms with Gasteiger partial charge in [0.25, 0.3) is 17.5 Å². The summed E-state index contributed by atoms with van der Waals surface area (Å²) in [7, 11) is 0. The molecule has 0 unspecified atom stereocenters. The molecule has 0 aliphatic carbocycles. The van der Waals surface area contributed by atoms with Crippen molar-refractivity contribution >= 4 is 34.9 Å². The van der Waals surface area contributed by atoms with Crippen molar-refractivity contribution in [2.75, 3.05) is 11.9 Å². The van der Waals surface area contributed by atoms with Crippen LogP contribution in [0.25, 0.3) is 5.78 Å². The van der Waals surface area contributed by atoms with Crippen molar-refractivity contribution in [3.63, 3.8) is 0 Å². The van der Waals surface area contributed by atoms with Crippen LogP contribution in [0.2, 0.25) is 5.02 Å². The molecule has 128 valence electrons. The van der Waals surface area contributed by atoms with Gasteiger partial charge >= 0.3 is 5.97 Å². The molecule has 8 nitrogen and oxygen atoms in total. The van der Waals surface area contributed by atoms with Crippen LogP contribution in [-0.4, -0.2) is 38.1 Å². The smallest absolute Gasteiger partial charge is 0.378 e. The zero-order valence-electron chi connectivity index (χ0n) is 13.5. The van der Waals surface area contributed by atoms with E-state index < -0.39 is 18.5 Å². The van der Waals surface area contributed by atoms with E-state index in [1.54, 1.807) is 24.3 Å². The molecule has 9 heteroatoms. The maximum absolute atomic E-state index is 12.0. The third kappa shape index (κ3) is 3.92. The summed E-state index contributed by atoms with van der Waals surface area (Å²) < 4.78 is 6.38. The Bertz CT molecular complexity index is 970. The first-order valence-corrected chi connectivity index (χ1v) is 7.74. The van der Waals surface area contributed by atoms with Crippen molar-refractivity contribution in [2.45, 2.75) is 13.8 Å². The minimum absolute atomic E-state index is 0.156. The Kier molecular flexibility index (Phi) is 4.62. The Morgan fingerprint density at radius 1 is 1.24 bits per heavy atom. The largest absolute Gasteiger partial charge is 0.450 e. The number of nitrogens with zero attached hydrogens (tertiary/aromatic N) is 4. The average Bonchev–Trinajstić information content (AvgIpc) is 2.97. The fourth-order valence-electron chi connectivity index (χ4n) is 2.21. The lowest BCUT2D eigenvalue weighted by Crippen LogP contribution is -2.21. The van der Waals surface area contributed by atoms with Crippen LogP contribution in [-0.2, 0) is 9.53 Å².